The molecule has 1 heterocycles. The molecule has 2 aromatic carbocycles. The quantitative estimate of drug-likeness (QED) is 0.711. The highest BCUT2D eigenvalue weighted by atomic mass is 32.2. The maximum absolute atomic E-state index is 13.0. The molecule has 7 nitrogen and oxygen atoms in total. The van der Waals surface area contributed by atoms with Crippen LogP contribution in [0.5, 0.6) is 11.5 Å². The Bertz CT molecular complexity index is 973. The summed E-state index contributed by atoms with van der Waals surface area (Å²) in [4.78, 5) is 13.8. The number of rotatable bonds is 8. The third kappa shape index (κ3) is 4.71. The zero-order valence-corrected chi connectivity index (χ0v) is 17.7. The first-order valence-corrected chi connectivity index (χ1v) is 11.1. The van der Waals surface area contributed by atoms with Gasteiger partial charge in [-0.2, -0.15) is 0 Å². The van der Waals surface area contributed by atoms with Crippen molar-refractivity contribution in [1.82, 2.24) is 4.72 Å². The van der Waals surface area contributed by atoms with Gasteiger partial charge in [0.05, 0.1) is 24.3 Å². The number of hydrogen-bond acceptors (Lipinski definition) is 5. The van der Waals surface area contributed by atoms with E-state index in [1.165, 1.54) is 19.2 Å². The number of carbonyl (C=O) groups excluding carboxylic acids is 1. The Morgan fingerprint density at radius 2 is 1.90 bits per heavy atom. The maximum atomic E-state index is 13.0. The van der Waals surface area contributed by atoms with Gasteiger partial charge in [-0.15, -0.1) is 0 Å². The van der Waals surface area contributed by atoms with Crippen molar-refractivity contribution in [1.29, 1.82) is 0 Å². The molecule has 1 aliphatic rings. The largest absolute Gasteiger partial charge is 0.495 e. The van der Waals surface area contributed by atoms with Crippen LogP contribution in [-0.4, -0.2) is 34.6 Å². The van der Waals surface area contributed by atoms with E-state index in [-0.39, 0.29) is 10.8 Å². The van der Waals surface area contributed by atoms with Gasteiger partial charge in [0.25, 0.3) is 0 Å². The number of methoxy groups -OCH3 is 1. The molecular formula is C21H26N2O5S. The lowest BCUT2D eigenvalue weighted by molar-refractivity contribution is -0.117. The van der Waals surface area contributed by atoms with Crippen LogP contribution in [0.1, 0.15) is 38.3 Å². The van der Waals surface area contributed by atoms with E-state index in [2.05, 4.69) is 4.72 Å². The fourth-order valence-electron chi connectivity index (χ4n) is 3.34. The summed E-state index contributed by atoms with van der Waals surface area (Å²) in [7, 11) is -2.30. The molecular weight excluding hydrogens is 392 g/mol. The number of nitrogens with zero attached hydrogens (tertiary/aromatic N) is 1. The van der Waals surface area contributed by atoms with Crippen LogP contribution in [0.4, 0.5) is 5.69 Å². The monoisotopic (exact) mass is 418 g/mol. The minimum Gasteiger partial charge on any atom is -0.495 e. The summed E-state index contributed by atoms with van der Waals surface area (Å²) in [5.74, 6) is 1.17. The van der Waals surface area contributed by atoms with E-state index in [0.717, 1.165) is 17.7 Å². The van der Waals surface area contributed by atoms with Crippen LogP contribution < -0.4 is 19.1 Å². The van der Waals surface area contributed by atoms with Crippen molar-refractivity contribution in [2.75, 3.05) is 25.2 Å². The van der Waals surface area contributed by atoms with Gasteiger partial charge < -0.3 is 14.4 Å². The van der Waals surface area contributed by atoms with Crippen LogP contribution in [0.3, 0.4) is 0 Å². The molecule has 8 heteroatoms. The number of hydrogen-bond donors (Lipinski definition) is 1. The lowest BCUT2D eigenvalue weighted by Gasteiger charge is -2.21. The van der Waals surface area contributed by atoms with Gasteiger partial charge >= 0.3 is 0 Å². The molecule has 2 aromatic rings. The first-order chi connectivity index (χ1) is 13.9. The Morgan fingerprint density at radius 1 is 1.17 bits per heavy atom. The zero-order chi connectivity index (χ0) is 21.0. The van der Waals surface area contributed by atoms with Gasteiger partial charge in [0.2, 0.25) is 15.9 Å². The summed E-state index contributed by atoms with van der Waals surface area (Å²) in [5.41, 5.74) is 1.30. The van der Waals surface area contributed by atoms with Gasteiger partial charge in [0, 0.05) is 19.0 Å². The first-order valence-electron chi connectivity index (χ1n) is 9.59. The van der Waals surface area contributed by atoms with Gasteiger partial charge in [0.1, 0.15) is 11.5 Å². The van der Waals surface area contributed by atoms with E-state index >= 15 is 0 Å². The van der Waals surface area contributed by atoms with E-state index in [9.17, 15) is 13.2 Å². The number of nitrogens with one attached hydrogen (secondary N) is 1. The number of benzene rings is 2. The van der Waals surface area contributed by atoms with Crippen molar-refractivity contribution in [3.63, 3.8) is 0 Å². The molecule has 0 aliphatic carbocycles. The third-order valence-corrected chi connectivity index (χ3v) is 6.39. The second kappa shape index (κ2) is 8.84. The van der Waals surface area contributed by atoms with Crippen molar-refractivity contribution in [2.24, 2.45) is 0 Å². The highest BCUT2D eigenvalue weighted by Crippen LogP contribution is 2.34. The second-order valence-corrected chi connectivity index (χ2v) is 8.54. The van der Waals surface area contributed by atoms with Gasteiger partial charge in [-0.1, -0.05) is 12.1 Å². The Morgan fingerprint density at radius 3 is 2.48 bits per heavy atom. The Kier molecular flexibility index (Phi) is 6.44. The summed E-state index contributed by atoms with van der Waals surface area (Å²) in [6, 6.07) is 11.4. The molecule has 1 aliphatic heterocycles. The average molecular weight is 419 g/mol. The summed E-state index contributed by atoms with van der Waals surface area (Å²) in [6.45, 7) is 4.81. The Labute approximate surface area is 171 Å². The lowest BCUT2D eigenvalue weighted by atomic mass is 10.1. The highest BCUT2D eigenvalue weighted by Gasteiger charge is 2.27. The van der Waals surface area contributed by atoms with Crippen molar-refractivity contribution < 1.29 is 22.7 Å². The molecule has 0 aromatic heterocycles. The number of sulfonamides is 1. The molecule has 0 bridgehead atoms. The van der Waals surface area contributed by atoms with E-state index in [1.807, 2.05) is 31.2 Å². The maximum Gasteiger partial charge on any atom is 0.241 e. The normalized spacial score (nSPS) is 15.4. The van der Waals surface area contributed by atoms with Crippen LogP contribution >= 0.6 is 0 Å². The average Bonchev–Trinajstić information content (AvgIpc) is 3.13. The molecule has 0 radical (unpaired) electrons. The minimum atomic E-state index is -3.80. The molecule has 0 saturated carbocycles. The first kappa shape index (κ1) is 21.1. The van der Waals surface area contributed by atoms with Crippen LogP contribution in [0, 0.1) is 0 Å². The summed E-state index contributed by atoms with van der Waals surface area (Å²) in [5, 5.41) is 0. The predicted molar refractivity (Wildman–Crippen MR) is 111 cm³/mol. The molecule has 3 rings (SSSR count). The minimum absolute atomic E-state index is 0.0337. The second-order valence-electron chi connectivity index (χ2n) is 6.83. The van der Waals surface area contributed by atoms with E-state index in [4.69, 9.17) is 9.47 Å². The van der Waals surface area contributed by atoms with E-state index in [0.29, 0.717) is 31.0 Å². The smallest absolute Gasteiger partial charge is 0.241 e. The number of amides is 1. The Balaban J connectivity index is 1.84. The lowest BCUT2D eigenvalue weighted by Crippen LogP contribution is -2.28. The van der Waals surface area contributed by atoms with Gasteiger partial charge in [0.15, 0.2) is 0 Å². The van der Waals surface area contributed by atoms with Gasteiger partial charge in [-0.05, 0) is 56.2 Å². The van der Waals surface area contributed by atoms with Crippen LogP contribution in [-0.2, 0) is 14.8 Å². The summed E-state index contributed by atoms with van der Waals surface area (Å²) in [6.07, 6.45) is 1.19. The summed E-state index contributed by atoms with van der Waals surface area (Å²) < 4.78 is 39.4. The molecule has 1 fully saturated rings. The molecule has 1 N–H and O–H groups in total. The van der Waals surface area contributed by atoms with Gasteiger partial charge in [-0.3, -0.25) is 4.79 Å². The van der Waals surface area contributed by atoms with Crippen LogP contribution in [0.15, 0.2) is 47.4 Å². The topological polar surface area (TPSA) is 84.9 Å². The summed E-state index contributed by atoms with van der Waals surface area (Å²) >= 11 is 0. The third-order valence-electron chi connectivity index (χ3n) is 4.85. The zero-order valence-electron chi connectivity index (χ0n) is 16.8. The van der Waals surface area contributed by atoms with Crippen molar-refractivity contribution in [2.45, 2.75) is 37.6 Å². The molecule has 0 unspecified atom stereocenters. The predicted octanol–water partition coefficient (Wildman–Crippen LogP) is 3.26. The Hall–Kier alpha value is -2.58. The number of anilines is 1. The van der Waals surface area contributed by atoms with E-state index < -0.39 is 16.1 Å². The molecule has 0 spiro atoms. The van der Waals surface area contributed by atoms with Crippen molar-refractivity contribution >= 4 is 21.6 Å². The molecule has 29 heavy (non-hydrogen) atoms. The molecule has 156 valence electrons. The fourth-order valence-corrected chi connectivity index (χ4v) is 4.59. The van der Waals surface area contributed by atoms with Crippen LogP contribution in [0.2, 0.25) is 0 Å². The van der Waals surface area contributed by atoms with E-state index in [1.54, 1.807) is 17.9 Å². The SMILES string of the molecule is CCOc1ccc([C@@H](C)NS(=O)(=O)c2ccc(OC)c(N3CCCC3=O)c2)cc1. The number of carbonyl (C=O) groups is 1. The van der Waals surface area contributed by atoms with Crippen LogP contribution in [0.25, 0.3) is 0 Å². The van der Waals surface area contributed by atoms with Crippen molar-refractivity contribution in [3.05, 3.63) is 48.0 Å². The molecule has 1 saturated heterocycles. The fraction of sp³-hybridized carbons (Fsp3) is 0.381. The molecule has 1 amide bonds. The van der Waals surface area contributed by atoms with Crippen molar-refractivity contribution in [3.8, 4) is 11.5 Å². The highest BCUT2D eigenvalue weighted by molar-refractivity contribution is 7.89. The molecule has 1 atom stereocenters. The number of ether oxygens (including phenoxy) is 2. The van der Waals surface area contributed by atoms with Gasteiger partial charge in [-0.25, -0.2) is 13.1 Å². The standard InChI is InChI=1S/C21H26N2O5S/c1-4-28-17-9-7-16(8-10-17)15(2)22-29(25,26)18-11-12-20(27-3)19(14-18)23-13-5-6-21(23)24/h7-12,14-15,22H,4-6,13H2,1-3H3/t15-/m1/s1.